The van der Waals surface area contributed by atoms with Crippen molar-refractivity contribution in [2.75, 3.05) is 19.0 Å². The van der Waals surface area contributed by atoms with Gasteiger partial charge in [-0.3, -0.25) is 4.79 Å². The summed E-state index contributed by atoms with van der Waals surface area (Å²) < 4.78 is 0. The van der Waals surface area contributed by atoms with Crippen molar-refractivity contribution in [2.45, 2.75) is 18.9 Å². The first-order valence-electron chi connectivity index (χ1n) is 6.30. The van der Waals surface area contributed by atoms with Gasteiger partial charge in [0.25, 0.3) is 5.91 Å². The van der Waals surface area contributed by atoms with Crippen molar-refractivity contribution in [3.05, 3.63) is 29.8 Å². The van der Waals surface area contributed by atoms with Crippen molar-refractivity contribution in [3.8, 4) is 0 Å². The lowest BCUT2D eigenvalue weighted by atomic mass is 10.1. The summed E-state index contributed by atoms with van der Waals surface area (Å²) in [5.74, 6) is -1.21. The highest BCUT2D eigenvalue weighted by Crippen LogP contribution is 2.32. The van der Waals surface area contributed by atoms with Gasteiger partial charge in [0.05, 0.1) is 0 Å². The second-order valence-corrected chi connectivity index (χ2v) is 5.07. The normalized spacial score (nSPS) is 15.7. The van der Waals surface area contributed by atoms with Crippen molar-refractivity contribution < 1.29 is 14.7 Å². The molecular weight excluding hydrogens is 244 g/mol. The first-order valence-corrected chi connectivity index (χ1v) is 6.30. The Morgan fingerprint density at radius 3 is 2.58 bits per heavy atom. The summed E-state index contributed by atoms with van der Waals surface area (Å²) in [6.07, 6.45) is 1.74. The van der Waals surface area contributed by atoms with E-state index in [9.17, 15) is 9.59 Å². The number of nitrogens with zero attached hydrogens (tertiary/aromatic N) is 1. The molecule has 5 heteroatoms. The van der Waals surface area contributed by atoms with Gasteiger partial charge in [-0.05, 0) is 37.0 Å². The van der Waals surface area contributed by atoms with Crippen LogP contribution in [0.1, 0.15) is 23.2 Å². The molecule has 0 saturated heterocycles. The van der Waals surface area contributed by atoms with Crippen LogP contribution >= 0.6 is 0 Å². The summed E-state index contributed by atoms with van der Waals surface area (Å²) in [6, 6.07) is 6.36. The van der Waals surface area contributed by atoms with Crippen LogP contribution in [0.4, 0.5) is 5.69 Å². The largest absolute Gasteiger partial charge is 0.480 e. The van der Waals surface area contributed by atoms with Crippen molar-refractivity contribution in [2.24, 2.45) is 5.92 Å². The number of anilines is 1. The summed E-state index contributed by atoms with van der Waals surface area (Å²) in [7, 11) is 3.78. The van der Waals surface area contributed by atoms with Crippen molar-refractivity contribution in [1.29, 1.82) is 0 Å². The van der Waals surface area contributed by atoms with Gasteiger partial charge < -0.3 is 15.3 Å². The predicted molar refractivity (Wildman–Crippen MR) is 72.4 cm³/mol. The fourth-order valence-corrected chi connectivity index (χ4v) is 1.96. The van der Waals surface area contributed by atoms with Crippen molar-refractivity contribution in [1.82, 2.24) is 5.32 Å². The van der Waals surface area contributed by atoms with E-state index in [0.717, 1.165) is 18.5 Å². The number of hydrogen-bond donors (Lipinski definition) is 2. The number of rotatable bonds is 5. The Hall–Kier alpha value is -2.04. The second kappa shape index (κ2) is 5.30. The standard InChI is InChI=1S/C14H18N2O3/c1-16(2)11-5-3-4-10(8-11)13(17)15-12(14(18)19)9-6-7-9/h3-5,8-9,12H,6-7H2,1-2H3,(H,15,17)(H,18,19). The number of aliphatic carboxylic acids is 1. The smallest absolute Gasteiger partial charge is 0.326 e. The van der Waals surface area contributed by atoms with Crippen LogP contribution in [0.3, 0.4) is 0 Å². The van der Waals surface area contributed by atoms with E-state index in [1.54, 1.807) is 18.2 Å². The molecule has 0 aliphatic heterocycles. The molecule has 2 N–H and O–H groups in total. The average Bonchev–Trinajstić information content (AvgIpc) is 3.19. The first-order chi connectivity index (χ1) is 8.99. The van der Waals surface area contributed by atoms with Gasteiger partial charge in [-0.15, -0.1) is 0 Å². The van der Waals surface area contributed by atoms with E-state index in [1.807, 2.05) is 25.1 Å². The number of amides is 1. The molecule has 1 amide bonds. The van der Waals surface area contributed by atoms with E-state index in [2.05, 4.69) is 5.32 Å². The number of carbonyl (C=O) groups excluding carboxylic acids is 1. The van der Waals surface area contributed by atoms with Gasteiger partial charge in [0, 0.05) is 25.3 Å². The van der Waals surface area contributed by atoms with Crippen molar-refractivity contribution in [3.63, 3.8) is 0 Å². The lowest BCUT2D eigenvalue weighted by Gasteiger charge is -2.16. The lowest BCUT2D eigenvalue weighted by molar-refractivity contribution is -0.139. The third-order valence-electron chi connectivity index (χ3n) is 3.27. The zero-order chi connectivity index (χ0) is 14.0. The van der Waals surface area contributed by atoms with Crippen LogP contribution in [0, 0.1) is 5.92 Å². The molecule has 1 fully saturated rings. The number of carboxylic acid groups (broad SMARTS) is 1. The highest BCUT2D eigenvalue weighted by molar-refractivity contribution is 5.97. The third kappa shape index (κ3) is 3.24. The summed E-state index contributed by atoms with van der Waals surface area (Å²) >= 11 is 0. The van der Waals surface area contributed by atoms with Gasteiger partial charge in [-0.2, -0.15) is 0 Å². The maximum Gasteiger partial charge on any atom is 0.326 e. The lowest BCUT2D eigenvalue weighted by Crippen LogP contribution is -2.42. The van der Waals surface area contributed by atoms with Crippen molar-refractivity contribution >= 4 is 17.6 Å². The second-order valence-electron chi connectivity index (χ2n) is 5.07. The van der Waals surface area contributed by atoms with Crippen LogP contribution < -0.4 is 10.2 Å². The molecule has 1 aromatic carbocycles. The van der Waals surface area contributed by atoms with Crippen LogP contribution in [0.25, 0.3) is 0 Å². The summed E-state index contributed by atoms with van der Waals surface area (Å²) in [6.45, 7) is 0. The quantitative estimate of drug-likeness (QED) is 0.840. The molecule has 2 rings (SSSR count). The Labute approximate surface area is 112 Å². The van der Waals surface area contributed by atoms with Gasteiger partial charge >= 0.3 is 5.97 Å². The van der Waals surface area contributed by atoms with E-state index in [-0.39, 0.29) is 11.8 Å². The zero-order valence-electron chi connectivity index (χ0n) is 11.1. The molecule has 1 aliphatic carbocycles. The molecule has 1 aliphatic rings. The molecule has 1 aromatic rings. The number of nitrogens with one attached hydrogen (secondary N) is 1. The molecule has 0 aromatic heterocycles. The van der Waals surface area contributed by atoms with Gasteiger partial charge in [-0.1, -0.05) is 6.07 Å². The molecule has 1 atom stereocenters. The van der Waals surface area contributed by atoms with E-state index < -0.39 is 12.0 Å². The Morgan fingerprint density at radius 2 is 2.05 bits per heavy atom. The molecule has 19 heavy (non-hydrogen) atoms. The van der Waals surface area contributed by atoms with Gasteiger partial charge in [0.2, 0.25) is 0 Å². The molecule has 0 bridgehead atoms. The SMILES string of the molecule is CN(C)c1cccc(C(=O)NC(C(=O)O)C2CC2)c1. The van der Waals surface area contributed by atoms with Gasteiger partial charge in [0.1, 0.15) is 6.04 Å². The monoisotopic (exact) mass is 262 g/mol. The molecule has 5 nitrogen and oxygen atoms in total. The predicted octanol–water partition coefficient (Wildman–Crippen LogP) is 1.35. The Balaban J connectivity index is 2.10. The molecular formula is C14H18N2O3. The fourth-order valence-electron chi connectivity index (χ4n) is 1.96. The summed E-state index contributed by atoms with van der Waals surface area (Å²) in [5, 5.41) is 11.7. The number of carbonyl (C=O) groups is 2. The summed E-state index contributed by atoms with van der Waals surface area (Å²) in [5.41, 5.74) is 1.39. The maximum absolute atomic E-state index is 12.1. The highest BCUT2D eigenvalue weighted by Gasteiger charge is 2.37. The van der Waals surface area contributed by atoms with Crippen LogP contribution in [0.15, 0.2) is 24.3 Å². The number of benzene rings is 1. The van der Waals surface area contributed by atoms with Crippen LogP contribution in [-0.4, -0.2) is 37.1 Å². The minimum Gasteiger partial charge on any atom is -0.480 e. The van der Waals surface area contributed by atoms with E-state index >= 15 is 0 Å². The molecule has 1 unspecified atom stereocenters. The minimum atomic E-state index is -0.959. The Bertz CT molecular complexity index is 495. The minimum absolute atomic E-state index is 0.0819. The van der Waals surface area contributed by atoms with Crippen LogP contribution in [-0.2, 0) is 4.79 Å². The molecule has 1 saturated carbocycles. The topological polar surface area (TPSA) is 69.6 Å². The highest BCUT2D eigenvalue weighted by atomic mass is 16.4. The molecule has 0 radical (unpaired) electrons. The van der Waals surface area contributed by atoms with E-state index in [1.165, 1.54) is 0 Å². The Kier molecular flexibility index (Phi) is 3.74. The molecule has 102 valence electrons. The number of hydrogen-bond acceptors (Lipinski definition) is 3. The number of carboxylic acids is 1. The molecule has 0 spiro atoms. The fraction of sp³-hybridized carbons (Fsp3) is 0.429. The van der Waals surface area contributed by atoms with Gasteiger partial charge in [0.15, 0.2) is 0 Å². The Morgan fingerprint density at radius 1 is 1.37 bits per heavy atom. The van der Waals surface area contributed by atoms with E-state index in [4.69, 9.17) is 5.11 Å². The maximum atomic E-state index is 12.1. The average molecular weight is 262 g/mol. The van der Waals surface area contributed by atoms with Crippen LogP contribution in [0.2, 0.25) is 0 Å². The van der Waals surface area contributed by atoms with Gasteiger partial charge in [-0.25, -0.2) is 4.79 Å². The van der Waals surface area contributed by atoms with Crippen LogP contribution in [0.5, 0.6) is 0 Å². The molecule has 0 heterocycles. The third-order valence-corrected chi connectivity index (χ3v) is 3.27. The van der Waals surface area contributed by atoms with E-state index in [0.29, 0.717) is 5.56 Å². The zero-order valence-corrected chi connectivity index (χ0v) is 11.1. The first kappa shape index (κ1) is 13.4. The summed E-state index contributed by atoms with van der Waals surface area (Å²) in [4.78, 5) is 25.1.